The third-order valence-electron chi connectivity index (χ3n) is 4.10. The van der Waals surface area contributed by atoms with Gasteiger partial charge in [-0.15, -0.1) is 0 Å². The Labute approximate surface area is 224 Å². The summed E-state index contributed by atoms with van der Waals surface area (Å²) in [5.41, 5.74) is 0.779. The number of ketones is 1. The standard InChI is InChI=1S/C18H22I3N3O8/c1-6(27)3-22-14-11(19)10(12(20)15(13(14)21)23-7(2)28)18(32)24-8(4-25)16(30)17(31)9(29)5-26/h4,8-9,16-17,22,26,29-31H,3,5H2,1-2H3,(H,23,28)(H,24,32)/t8-,9+,16+,17+/m0/s1. The fourth-order valence-electron chi connectivity index (χ4n) is 2.49. The Hall–Kier alpha value is -0.670. The number of nitrogens with one attached hydrogen (secondary N) is 3. The summed E-state index contributed by atoms with van der Waals surface area (Å²) in [4.78, 5) is 47.7. The van der Waals surface area contributed by atoms with Crippen molar-refractivity contribution in [2.24, 2.45) is 0 Å². The Morgan fingerprint density at radius 1 is 0.969 bits per heavy atom. The lowest BCUT2D eigenvalue weighted by Gasteiger charge is -2.27. The lowest BCUT2D eigenvalue weighted by atomic mass is 10.0. The van der Waals surface area contributed by atoms with E-state index in [1.807, 2.05) is 67.8 Å². The number of aldehydes is 1. The maximum Gasteiger partial charge on any atom is 0.254 e. The quantitative estimate of drug-likeness (QED) is 0.118. The molecule has 1 aromatic rings. The number of benzene rings is 1. The minimum absolute atomic E-state index is 0.0336. The van der Waals surface area contributed by atoms with E-state index in [0.29, 0.717) is 22.1 Å². The SMILES string of the molecule is CC(=O)CNc1c(I)c(NC(C)=O)c(I)c(C(=O)N[C@@H](C=O)[C@@H](O)[C@H](O)[C@H](O)CO)c1I. The number of Topliss-reactive ketones (excluding diaryl/α,β-unsaturated/α-hetero) is 1. The van der Waals surface area contributed by atoms with Crippen molar-refractivity contribution >= 4 is 103 Å². The van der Waals surface area contributed by atoms with Gasteiger partial charge in [0.1, 0.15) is 36.4 Å². The first kappa shape index (κ1) is 29.4. The molecule has 32 heavy (non-hydrogen) atoms. The molecule has 0 spiro atoms. The van der Waals surface area contributed by atoms with Gasteiger partial charge >= 0.3 is 0 Å². The van der Waals surface area contributed by atoms with E-state index >= 15 is 0 Å². The van der Waals surface area contributed by atoms with E-state index in [2.05, 4.69) is 16.0 Å². The number of amides is 2. The van der Waals surface area contributed by atoms with Gasteiger partial charge in [0.05, 0.1) is 40.8 Å². The van der Waals surface area contributed by atoms with Crippen molar-refractivity contribution < 1.29 is 39.6 Å². The zero-order chi connectivity index (χ0) is 24.7. The van der Waals surface area contributed by atoms with Crippen molar-refractivity contribution in [3.05, 3.63) is 16.3 Å². The molecular weight excluding hydrogens is 767 g/mol. The monoisotopic (exact) mass is 789 g/mol. The van der Waals surface area contributed by atoms with E-state index < -0.39 is 42.8 Å². The van der Waals surface area contributed by atoms with Crippen molar-refractivity contribution in [2.45, 2.75) is 38.2 Å². The molecule has 0 aromatic heterocycles. The molecule has 1 rings (SSSR count). The number of hydrogen-bond acceptors (Lipinski definition) is 9. The van der Waals surface area contributed by atoms with Crippen LogP contribution in [0.15, 0.2) is 0 Å². The fraction of sp³-hybridized carbons (Fsp3) is 0.444. The van der Waals surface area contributed by atoms with Gasteiger partial charge in [-0.2, -0.15) is 0 Å². The van der Waals surface area contributed by atoms with Crippen LogP contribution >= 0.6 is 67.8 Å². The molecule has 0 aliphatic heterocycles. The highest BCUT2D eigenvalue weighted by molar-refractivity contribution is 14.1. The first-order chi connectivity index (χ1) is 14.9. The van der Waals surface area contributed by atoms with E-state index in [-0.39, 0.29) is 24.2 Å². The Morgan fingerprint density at radius 2 is 1.53 bits per heavy atom. The Kier molecular flexibility index (Phi) is 12.2. The largest absolute Gasteiger partial charge is 0.394 e. The van der Waals surface area contributed by atoms with Crippen LogP contribution in [-0.4, -0.2) is 81.8 Å². The first-order valence-electron chi connectivity index (χ1n) is 8.99. The average molecular weight is 789 g/mol. The van der Waals surface area contributed by atoms with Crippen LogP contribution < -0.4 is 16.0 Å². The zero-order valence-corrected chi connectivity index (χ0v) is 23.3. The predicted octanol–water partition coefficient (Wildman–Crippen LogP) is -0.168. The van der Waals surface area contributed by atoms with Gasteiger partial charge in [0.15, 0.2) is 0 Å². The highest BCUT2D eigenvalue weighted by Crippen LogP contribution is 2.39. The van der Waals surface area contributed by atoms with Gasteiger partial charge in [-0.3, -0.25) is 14.4 Å². The van der Waals surface area contributed by atoms with E-state index in [9.17, 15) is 34.5 Å². The molecule has 0 fully saturated rings. The summed E-state index contributed by atoms with van der Waals surface area (Å²) in [7, 11) is 0. The van der Waals surface area contributed by atoms with Crippen molar-refractivity contribution in [3.63, 3.8) is 0 Å². The molecule has 0 aliphatic carbocycles. The number of aliphatic hydroxyl groups excluding tert-OH is 4. The van der Waals surface area contributed by atoms with Crippen LogP contribution in [0.4, 0.5) is 11.4 Å². The molecule has 4 atom stereocenters. The number of hydrogen-bond donors (Lipinski definition) is 7. The summed E-state index contributed by atoms with van der Waals surface area (Å²) < 4.78 is 1.28. The van der Waals surface area contributed by atoms with E-state index in [1.165, 1.54) is 13.8 Å². The van der Waals surface area contributed by atoms with Crippen LogP contribution in [0.5, 0.6) is 0 Å². The van der Waals surface area contributed by atoms with Gasteiger partial charge in [0.25, 0.3) is 5.91 Å². The average Bonchev–Trinajstić information content (AvgIpc) is 2.72. The minimum Gasteiger partial charge on any atom is -0.394 e. The summed E-state index contributed by atoms with van der Waals surface area (Å²) >= 11 is 5.70. The van der Waals surface area contributed by atoms with Crippen molar-refractivity contribution in [1.29, 1.82) is 0 Å². The van der Waals surface area contributed by atoms with E-state index in [1.54, 1.807) is 0 Å². The number of halogens is 3. The number of carbonyl (C=O) groups is 4. The maximum absolute atomic E-state index is 13.1. The molecule has 11 nitrogen and oxygen atoms in total. The van der Waals surface area contributed by atoms with Gasteiger partial charge in [0, 0.05) is 6.92 Å². The van der Waals surface area contributed by atoms with Gasteiger partial charge in [-0.05, 0) is 74.7 Å². The lowest BCUT2D eigenvalue weighted by molar-refractivity contribution is -0.119. The van der Waals surface area contributed by atoms with Crippen LogP contribution in [0, 0.1) is 10.7 Å². The molecular formula is C18H22I3N3O8. The molecule has 2 amide bonds. The third-order valence-corrected chi connectivity index (χ3v) is 7.34. The van der Waals surface area contributed by atoms with Crippen LogP contribution in [0.1, 0.15) is 24.2 Å². The van der Waals surface area contributed by atoms with Crippen molar-refractivity contribution in [1.82, 2.24) is 5.32 Å². The van der Waals surface area contributed by atoms with E-state index in [4.69, 9.17) is 5.11 Å². The highest BCUT2D eigenvalue weighted by atomic mass is 127. The van der Waals surface area contributed by atoms with Crippen LogP contribution in [0.25, 0.3) is 0 Å². The topological polar surface area (TPSA) is 185 Å². The van der Waals surface area contributed by atoms with Gasteiger partial charge in [-0.25, -0.2) is 0 Å². The van der Waals surface area contributed by atoms with Gasteiger partial charge in [0.2, 0.25) is 5.91 Å². The Balaban J connectivity index is 3.46. The Bertz CT molecular complexity index is 899. The molecule has 0 aliphatic rings. The molecule has 0 bridgehead atoms. The van der Waals surface area contributed by atoms with Crippen molar-refractivity contribution in [2.75, 3.05) is 23.8 Å². The summed E-state index contributed by atoms with van der Waals surface area (Å²) in [6.45, 7) is 1.77. The maximum atomic E-state index is 13.1. The van der Waals surface area contributed by atoms with E-state index in [0.717, 1.165) is 0 Å². The molecule has 0 saturated carbocycles. The lowest BCUT2D eigenvalue weighted by Crippen LogP contribution is -2.53. The number of carbonyl (C=O) groups excluding carboxylic acids is 4. The molecule has 0 radical (unpaired) electrons. The summed E-state index contributed by atoms with van der Waals surface area (Å²) in [6.07, 6.45) is -5.33. The zero-order valence-electron chi connectivity index (χ0n) is 16.9. The second-order valence-corrected chi connectivity index (χ2v) is 9.91. The number of rotatable bonds is 11. The molecule has 0 saturated heterocycles. The number of aliphatic hydroxyl groups is 4. The van der Waals surface area contributed by atoms with Crippen LogP contribution in [0.3, 0.4) is 0 Å². The highest BCUT2D eigenvalue weighted by Gasteiger charge is 2.33. The minimum atomic E-state index is -1.90. The van der Waals surface area contributed by atoms with Gasteiger partial charge < -0.3 is 41.2 Å². The second-order valence-electron chi connectivity index (χ2n) is 6.67. The molecule has 1 aromatic carbocycles. The second kappa shape index (κ2) is 13.3. The first-order valence-corrected chi connectivity index (χ1v) is 12.2. The molecule has 178 valence electrons. The molecule has 0 heterocycles. The van der Waals surface area contributed by atoms with Crippen LogP contribution in [-0.2, 0) is 14.4 Å². The molecule has 7 N–H and O–H groups in total. The predicted molar refractivity (Wildman–Crippen MR) is 140 cm³/mol. The summed E-state index contributed by atoms with van der Waals surface area (Å²) in [5, 5.41) is 46.3. The third kappa shape index (κ3) is 7.42. The fourth-order valence-corrected chi connectivity index (χ4v) is 6.80. The molecule has 0 unspecified atom stereocenters. The normalized spacial score (nSPS) is 14.7. The molecule has 14 heteroatoms. The van der Waals surface area contributed by atoms with Gasteiger partial charge in [-0.1, -0.05) is 0 Å². The summed E-state index contributed by atoms with van der Waals surface area (Å²) in [5.74, 6) is -1.37. The number of anilines is 2. The summed E-state index contributed by atoms with van der Waals surface area (Å²) in [6, 6.07) is -1.61. The smallest absolute Gasteiger partial charge is 0.254 e. The van der Waals surface area contributed by atoms with Crippen molar-refractivity contribution in [3.8, 4) is 0 Å². The van der Waals surface area contributed by atoms with Crippen LogP contribution in [0.2, 0.25) is 0 Å². The Morgan fingerprint density at radius 3 is 2.00 bits per heavy atom.